The van der Waals surface area contributed by atoms with E-state index in [1.165, 1.54) is 0 Å². The van der Waals surface area contributed by atoms with Gasteiger partial charge < -0.3 is 9.84 Å². The smallest absolute Gasteiger partial charge is 0.110 e. The van der Waals surface area contributed by atoms with Gasteiger partial charge in [-0.25, -0.2) is 0 Å². The van der Waals surface area contributed by atoms with E-state index in [0.29, 0.717) is 0 Å². The third-order valence-electron chi connectivity index (χ3n) is 0.941. The maximum atomic E-state index is 9.66. The van der Waals surface area contributed by atoms with Gasteiger partial charge in [-0.3, -0.25) is 0 Å². The summed E-state index contributed by atoms with van der Waals surface area (Å²) in [4.78, 5) is 0. The Balaban J connectivity index is 2.71. The van der Waals surface area contributed by atoms with Crippen molar-refractivity contribution in [3.05, 3.63) is 0 Å². The van der Waals surface area contributed by atoms with Gasteiger partial charge >= 0.3 is 0 Å². The number of aliphatic hydroxyl groups is 1. The van der Waals surface area contributed by atoms with Crippen LogP contribution in [0.5, 0.6) is 0 Å². The summed E-state index contributed by atoms with van der Waals surface area (Å²) in [6.07, 6.45) is -18.9. The number of ether oxygens (including phenoxy) is 1. The molecule has 1 heterocycles. The molecule has 2 fully saturated rings. The first kappa shape index (κ1) is 1.18. The van der Waals surface area contributed by atoms with Crippen molar-refractivity contribution in [1.29, 1.82) is 0 Å². The molecule has 0 bridgehead atoms. The van der Waals surface area contributed by atoms with Gasteiger partial charge in [0.1, 0.15) is 6.08 Å². The second-order valence-corrected chi connectivity index (χ2v) is 1.48. The molecule has 0 aromatic carbocycles. The fourth-order valence-electron chi connectivity index (χ4n) is 0.519. The van der Waals surface area contributed by atoms with Crippen LogP contribution in [-0.4, -0.2) is 23.3 Å². The third-order valence-corrected chi connectivity index (χ3v) is 0.941. The van der Waals surface area contributed by atoms with Crippen LogP contribution >= 0.6 is 0 Å². The number of epoxide rings is 1. The monoisotopic (exact) mass is 123 g/mol. The lowest BCUT2D eigenvalue weighted by molar-refractivity contribution is 0.124. The van der Waals surface area contributed by atoms with Crippen molar-refractivity contribution in [3.63, 3.8) is 0 Å². The molecule has 2 aliphatic rings. The topological polar surface area (TPSA) is 32.8 Å². The van der Waals surface area contributed by atoms with Crippen LogP contribution in [0.1, 0.15) is 31.5 Å². The zero-order valence-corrected chi connectivity index (χ0v) is 3.86. The predicted octanol–water partition coefficient (Wildman–Crippen LogP) is 0.299. The lowest BCUT2D eigenvalue weighted by atomic mass is 9.98. The number of fused-ring (bicyclic) bond motifs is 1. The minimum Gasteiger partial charge on any atom is -0.390 e. The molecule has 8 heavy (non-hydrogen) atoms. The van der Waals surface area contributed by atoms with Gasteiger partial charge in [-0.1, -0.05) is 0 Å². The Morgan fingerprint density at radius 1 is 1.75 bits per heavy atom. The fourth-order valence-corrected chi connectivity index (χ4v) is 0.519. The molecule has 1 N–H and O–H groups in total. The molecule has 0 amide bonds. The second kappa shape index (κ2) is 1.45. The third kappa shape index (κ3) is 0.565. The Hall–Kier alpha value is -0.0800. The first-order valence-electron chi connectivity index (χ1n) is 6.63. The van der Waals surface area contributed by atoms with Gasteiger partial charge in [-0.15, -0.1) is 0 Å². The van der Waals surface area contributed by atoms with Gasteiger partial charge in [0.2, 0.25) is 0 Å². The van der Waals surface area contributed by atoms with Gasteiger partial charge in [-0.05, 0) is 19.1 Å². The van der Waals surface area contributed by atoms with Crippen molar-refractivity contribution in [1.82, 2.24) is 0 Å². The Morgan fingerprint density at radius 2 is 2.62 bits per heavy atom. The van der Waals surface area contributed by atoms with Crippen LogP contribution in [0.3, 0.4) is 0 Å². The lowest BCUT2D eigenvalue weighted by Gasteiger charge is -2.10. The van der Waals surface area contributed by atoms with E-state index < -0.39 is 37.4 Å². The zero-order chi connectivity index (χ0) is 13.7. The zero-order valence-electron chi connectivity index (χ0n) is 12.9. The fraction of sp³-hybridized carbons (Fsp3) is 1.00. The van der Waals surface area contributed by atoms with E-state index in [0.717, 1.165) is 0 Å². The Morgan fingerprint density at radius 3 is 3.50 bits per heavy atom. The van der Waals surface area contributed by atoms with Crippen molar-refractivity contribution in [2.75, 3.05) is 0 Å². The Bertz CT molecular complexity index is 357. The predicted molar refractivity (Wildman–Crippen MR) is 28.5 cm³/mol. The molecule has 1 aliphatic heterocycles. The van der Waals surface area contributed by atoms with Gasteiger partial charge in [0.15, 0.2) is 0 Å². The largest absolute Gasteiger partial charge is 0.390 e. The highest BCUT2D eigenvalue weighted by Gasteiger charge is 2.46. The maximum Gasteiger partial charge on any atom is 0.110 e. The summed E-state index contributed by atoms with van der Waals surface area (Å²) in [5.41, 5.74) is 0. The van der Waals surface area contributed by atoms with Crippen molar-refractivity contribution >= 4 is 0 Å². The average molecular weight is 123 g/mol. The lowest BCUT2D eigenvalue weighted by Crippen LogP contribution is -2.20. The van der Waals surface area contributed by atoms with Crippen molar-refractivity contribution in [2.24, 2.45) is 0 Å². The average Bonchev–Trinajstić information content (AvgIpc) is 2.71. The van der Waals surface area contributed by atoms with Crippen LogP contribution in [0.2, 0.25) is 0 Å². The Labute approximate surface area is 61.1 Å². The van der Waals surface area contributed by atoms with Crippen LogP contribution in [0.15, 0.2) is 0 Å². The van der Waals surface area contributed by atoms with E-state index in [2.05, 4.69) is 4.74 Å². The molecule has 0 aromatic heterocycles. The van der Waals surface area contributed by atoms with Gasteiger partial charge in [0.05, 0.1) is 16.3 Å². The van der Waals surface area contributed by atoms with Crippen LogP contribution in [0, 0.1) is 0 Å². The summed E-state index contributed by atoms with van der Waals surface area (Å²) in [6.45, 7) is 0. The Kier molecular flexibility index (Phi) is 0.214. The minimum absolute atomic E-state index is 2.80. The first-order valence-corrected chi connectivity index (χ1v) is 2.13. The summed E-state index contributed by atoms with van der Waals surface area (Å²) in [6, 6.07) is 0. The maximum absolute atomic E-state index is 9.66. The molecular formula is C6H10O2. The number of hydrogen-bond donors (Lipinski definition) is 1. The molecule has 2 nitrogen and oxygen atoms in total. The minimum atomic E-state index is -3.40. The number of rotatable bonds is 0. The molecule has 3 atom stereocenters. The molecule has 1 saturated carbocycles. The van der Waals surface area contributed by atoms with E-state index in [4.69, 9.17) is 12.3 Å². The van der Waals surface area contributed by atoms with E-state index in [1.54, 1.807) is 0 Å². The van der Waals surface area contributed by atoms with Crippen LogP contribution in [-0.2, 0) is 4.74 Å². The summed E-state index contributed by atoms with van der Waals surface area (Å²) < 4.78 is 71.3. The van der Waals surface area contributed by atoms with Crippen LogP contribution in [0.25, 0.3) is 0 Å². The summed E-state index contributed by atoms with van der Waals surface area (Å²) in [7, 11) is 0. The van der Waals surface area contributed by atoms with Gasteiger partial charge in [0.25, 0.3) is 0 Å². The standard InChI is InChI=1S/C6H10O2/c7-4-2-1-3-5-6(4)8-5/h4-7H,1-3H2/i1D2,2D2,3D2,4D,5D,6D. The normalized spacial score (nSPS) is 116. The second-order valence-electron chi connectivity index (χ2n) is 1.48. The summed E-state index contributed by atoms with van der Waals surface area (Å²) in [5, 5.41) is 9.66. The molecule has 1 saturated heterocycles. The highest BCUT2D eigenvalue weighted by molar-refractivity contribution is 4.94. The molecular weight excluding hydrogens is 104 g/mol. The van der Waals surface area contributed by atoms with Crippen LogP contribution in [0.4, 0.5) is 0 Å². The summed E-state index contributed by atoms with van der Waals surface area (Å²) in [5.74, 6) is 0. The molecule has 0 radical (unpaired) electrons. The van der Waals surface area contributed by atoms with Crippen LogP contribution < -0.4 is 0 Å². The van der Waals surface area contributed by atoms with Crippen molar-refractivity contribution in [3.8, 4) is 0 Å². The van der Waals surface area contributed by atoms with Crippen molar-refractivity contribution in [2.45, 2.75) is 37.4 Å². The number of hydrogen-bond acceptors (Lipinski definition) is 2. The molecule has 2 rings (SSSR count). The van der Waals surface area contributed by atoms with Gasteiger partial charge in [0, 0.05) is 8.22 Å². The van der Waals surface area contributed by atoms with E-state index in [-0.39, 0.29) is 0 Å². The molecule has 0 spiro atoms. The first-order chi connectivity index (χ1) is 7.21. The van der Waals surface area contributed by atoms with E-state index >= 15 is 0 Å². The van der Waals surface area contributed by atoms with E-state index in [9.17, 15) is 5.11 Å². The molecule has 3 unspecified atom stereocenters. The molecule has 0 aromatic rings. The highest BCUT2D eigenvalue weighted by atomic mass is 16.6. The molecule has 2 heteroatoms. The van der Waals surface area contributed by atoms with Crippen molar-refractivity contribution < 1.29 is 22.2 Å². The van der Waals surface area contributed by atoms with E-state index in [1.807, 2.05) is 0 Å². The molecule has 46 valence electrons. The van der Waals surface area contributed by atoms with Gasteiger partial charge in [-0.2, -0.15) is 0 Å². The SMILES string of the molecule is [2H]C1([2H])C([2H])([2H])C([2H])(O)C2([2H])OC2([2H])C1([2H])[2H]. The summed E-state index contributed by atoms with van der Waals surface area (Å²) >= 11 is 0. The highest BCUT2D eigenvalue weighted by Crippen LogP contribution is 2.36. The molecule has 1 aliphatic carbocycles. The quantitative estimate of drug-likeness (QED) is 0.470.